The van der Waals surface area contributed by atoms with Crippen LogP contribution in [0.2, 0.25) is 15.1 Å². The van der Waals surface area contributed by atoms with E-state index in [9.17, 15) is 46.3 Å². The summed E-state index contributed by atoms with van der Waals surface area (Å²) in [6.45, 7) is 5.41. The number of nitrogens with zero attached hydrogens (tertiary/aromatic N) is 8. The minimum Gasteiger partial charge on any atom is -0.447 e. The Morgan fingerprint density at radius 1 is 0.585 bits per heavy atom. The highest BCUT2D eigenvalue weighted by molar-refractivity contribution is 6.32. The second kappa shape index (κ2) is 34.6. The Morgan fingerprint density at radius 3 is 1.35 bits per heavy atom. The maximum Gasteiger partial charge on any atom is 0.417 e. The molecular formula is C53H54Cl3F4N13O9. The zero-order valence-electron chi connectivity index (χ0n) is 44.0. The molecule has 22 nitrogen and oxygen atoms in total. The molecule has 0 saturated carbocycles. The summed E-state index contributed by atoms with van der Waals surface area (Å²) in [5, 5.41) is 20.0. The molecule has 0 saturated heterocycles. The van der Waals surface area contributed by atoms with Crippen LogP contribution in [0.3, 0.4) is 0 Å². The minimum atomic E-state index is -4.51. The molecule has 6 rings (SSSR count). The van der Waals surface area contributed by atoms with Crippen molar-refractivity contribution in [1.82, 2.24) is 46.3 Å². The molecule has 3 aromatic heterocycles. The van der Waals surface area contributed by atoms with Gasteiger partial charge in [-0.25, -0.2) is 45.2 Å². The van der Waals surface area contributed by atoms with Crippen LogP contribution in [-0.4, -0.2) is 106 Å². The van der Waals surface area contributed by atoms with Gasteiger partial charge in [0.25, 0.3) is 0 Å². The van der Waals surface area contributed by atoms with Gasteiger partial charge in [0.15, 0.2) is 5.82 Å². The molecule has 29 heteroatoms. The SMILES string of the molecule is CC(=O)N(CCOC(=O)Nc1ccc(C(F)(F)F)cn1)NCc1ccccc1Cl.CC(=O)N(CCOC(=O)Nc1ccc(F)cn1)NCc1ccccc1Cl.CC(=O)N(CCON(C=O)c1ccc(C#N)cn1)NCc1ccccc1Cl. The van der Waals surface area contributed by atoms with Gasteiger partial charge in [0, 0.05) is 67.9 Å². The number of hydrogen-bond donors (Lipinski definition) is 5. The molecule has 0 aliphatic rings. The zero-order chi connectivity index (χ0) is 60.0. The monoisotopic (exact) mass is 1200 g/mol. The standard InChI is InChI=1S/C18H18ClF3N4O3.C18H18ClN5O3.C17H18ClFN4O3/c1-12(27)26(24-10-13-4-2-3-5-15(13)19)8-9-29-17(28)25-16-7-6-14(11-23-16)18(20,21)22;1-14(26)23(22-12-16-4-2-3-5-17(16)19)8-9-27-24(13-25)18-7-6-15(10-20)11-21-18;1-12(24)23(21-10-13-4-2-3-5-15(13)18)8-9-26-17(25)22-16-7-6-14(19)11-20-16/h2-7,11,24H,8-10H2,1H3,(H,23,25,28);2-7,11,13,22H,8-9,12H2,1H3;2-7,11,21H,8-10H2,1H3,(H,20,22,25). The Bertz CT molecular complexity index is 3080. The van der Waals surface area contributed by atoms with Gasteiger partial charge >= 0.3 is 18.4 Å². The molecule has 82 heavy (non-hydrogen) atoms. The predicted molar refractivity (Wildman–Crippen MR) is 294 cm³/mol. The van der Waals surface area contributed by atoms with E-state index in [2.05, 4.69) is 41.9 Å². The third-order valence-electron chi connectivity index (χ3n) is 10.5. The maximum atomic E-state index is 12.8. The van der Waals surface area contributed by atoms with Crippen molar-refractivity contribution in [3.05, 3.63) is 176 Å². The number of alkyl halides is 3. The Hall–Kier alpha value is -8.55. The maximum absolute atomic E-state index is 12.8. The Kier molecular flexibility index (Phi) is 27.8. The molecule has 5 N–H and O–H groups in total. The number of halogens is 7. The normalized spacial score (nSPS) is 10.5. The number of carbonyl (C=O) groups is 6. The van der Waals surface area contributed by atoms with Gasteiger partial charge in [-0.3, -0.25) is 49.7 Å². The first-order valence-electron chi connectivity index (χ1n) is 24.2. The molecule has 0 aliphatic carbocycles. The predicted octanol–water partition coefficient (Wildman–Crippen LogP) is 8.89. The zero-order valence-corrected chi connectivity index (χ0v) is 46.2. The summed E-state index contributed by atoms with van der Waals surface area (Å²) < 4.78 is 60.1. The lowest BCUT2D eigenvalue weighted by molar-refractivity contribution is -0.138. The summed E-state index contributed by atoms with van der Waals surface area (Å²) in [4.78, 5) is 86.3. The second-order valence-corrected chi connectivity index (χ2v) is 17.6. The summed E-state index contributed by atoms with van der Waals surface area (Å²) in [6, 6.07) is 30.9. The number of nitriles is 1. The average molecular weight is 1200 g/mol. The van der Waals surface area contributed by atoms with Crippen LogP contribution in [0.15, 0.2) is 128 Å². The van der Waals surface area contributed by atoms with Crippen molar-refractivity contribution in [3.63, 3.8) is 0 Å². The van der Waals surface area contributed by atoms with E-state index in [1.54, 1.807) is 30.3 Å². The van der Waals surface area contributed by atoms with Crippen molar-refractivity contribution >= 4 is 88.6 Å². The number of benzene rings is 3. The number of hydroxylamine groups is 1. The average Bonchev–Trinajstić information content (AvgIpc) is 3.45. The third-order valence-corrected chi connectivity index (χ3v) is 11.6. The van der Waals surface area contributed by atoms with Crippen molar-refractivity contribution in [2.24, 2.45) is 0 Å². The number of hydrogen-bond acceptors (Lipinski definition) is 16. The van der Waals surface area contributed by atoms with E-state index < -0.39 is 29.7 Å². The number of nitrogens with one attached hydrogen (secondary N) is 5. The second-order valence-electron chi connectivity index (χ2n) is 16.4. The summed E-state index contributed by atoms with van der Waals surface area (Å²) in [5.41, 5.74) is 10.7. The van der Waals surface area contributed by atoms with Crippen LogP contribution < -0.4 is 32.0 Å². The molecule has 6 amide bonds. The van der Waals surface area contributed by atoms with Crippen LogP contribution in [0.25, 0.3) is 0 Å². The van der Waals surface area contributed by atoms with E-state index in [-0.39, 0.29) is 74.6 Å². The van der Waals surface area contributed by atoms with Crippen molar-refractivity contribution < 1.29 is 60.6 Å². The number of aromatic nitrogens is 3. The van der Waals surface area contributed by atoms with Crippen molar-refractivity contribution in [2.45, 2.75) is 46.6 Å². The number of carbonyl (C=O) groups excluding carboxylic acids is 6. The van der Waals surface area contributed by atoms with E-state index in [1.807, 2.05) is 48.5 Å². The number of hydrazine groups is 3. The first kappa shape index (κ1) is 66.0. The van der Waals surface area contributed by atoms with E-state index >= 15 is 0 Å². The summed E-state index contributed by atoms with van der Waals surface area (Å²) >= 11 is 18.2. The van der Waals surface area contributed by atoms with Crippen LogP contribution in [0.5, 0.6) is 0 Å². The smallest absolute Gasteiger partial charge is 0.417 e. The van der Waals surface area contributed by atoms with Crippen molar-refractivity contribution in [2.75, 3.05) is 55.2 Å². The van der Waals surface area contributed by atoms with E-state index in [0.717, 1.165) is 40.1 Å². The fourth-order valence-electron chi connectivity index (χ4n) is 6.30. The highest BCUT2D eigenvalue weighted by Crippen LogP contribution is 2.29. The van der Waals surface area contributed by atoms with Crippen LogP contribution in [0, 0.1) is 17.1 Å². The molecule has 0 aliphatic heterocycles. The number of anilines is 3. The highest BCUT2D eigenvalue weighted by Gasteiger charge is 2.30. The van der Waals surface area contributed by atoms with Gasteiger partial charge in [0.2, 0.25) is 24.1 Å². The molecule has 6 aromatic rings. The molecule has 0 spiro atoms. The summed E-state index contributed by atoms with van der Waals surface area (Å²) in [5.74, 6) is -0.945. The first-order valence-corrected chi connectivity index (χ1v) is 25.3. The summed E-state index contributed by atoms with van der Waals surface area (Å²) in [6.07, 6.45) is -2.80. The lowest BCUT2D eigenvalue weighted by atomic mass is 10.2. The fraction of sp³-hybridized carbons (Fsp3) is 0.245. The van der Waals surface area contributed by atoms with Gasteiger partial charge in [0.05, 0.1) is 43.6 Å². The number of ether oxygens (including phenoxy) is 2. The largest absolute Gasteiger partial charge is 0.447 e. The fourth-order valence-corrected chi connectivity index (χ4v) is 6.91. The minimum absolute atomic E-state index is 0.0396. The number of rotatable bonds is 23. The Morgan fingerprint density at radius 2 is 1.01 bits per heavy atom. The quantitative estimate of drug-likeness (QED) is 0.0228. The van der Waals surface area contributed by atoms with Gasteiger partial charge in [-0.15, -0.1) is 0 Å². The number of pyridine rings is 3. The van der Waals surface area contributed by atoms with E-state index in [0.29, 0.717) is 52.9 Å². The number of amides is 6. The molecule has 0 atom stereocenters. The van der Waals surface area contributed by atoms with Crippen LogP contribution in [-0.2, 0) is 59.3 Å². The van der Waals surface area contributed by atoms with E-state index in [1.165, 1.54) is 66.3 Å². The Labute approximate surface area is 483 Å². The molecular weight excluding hydrogens is 1150 g/mol. The topological polar surface area (TPSA) is 266 Å². The van der Waals surface area contributed by atoms with Gasteiger partial charge < -0.3 is 9.47 Å². The Balaban J connectivity index is 0.000000265. The van der Waals surface area contributed by atoms with Gasteiger partial charge in [-0.05, 0) is 71.3 Å². The lowest BCUT2D eigenvalue weighted by Crippen LogP contribution is -2.44. The molecule has 0 unspecified atom stereocenters. The summed E-state index contributed by atoms with van der Waals surface area (Å²) in [7, 11) is 0. The van der Waals surface area contributed by atoms with E-state index in [4.69, 9.17) is 54.4 Å². The van der Waals surface area contributed by atoms with Crippen LogP contribution in [0.1, 0.15) is 48.6 Å². The van der Waals surface area contributed by atoms with Crippen LogP contribution in [0.4, 0.5) is 44.6 Å². The van der Waals surface area contributed by atoms with Crippen molar-refractivity contribution in [3.8, 4) is 6.07 Å². The molecule has 3 aromatic carbocycles. The van der Waals surface area contributed by atoms with Gasteiger partial charge in [-0.1, -0.05) is 89.4 Å². The molecule has 0 radical (unpaired) electrons. The highest BCUT2D eigenvalue weighted by atomic mass is 35.5. The molecule has 434 valence electrons. The lowest BCUT2D eigenvalue weighted by Gasteiger charge is -2.23. The third kappa shape index (κ3) is 24.0. The molecule has 0 fully saturated rings. The van der Waals surface area contributed by atoms with Gasteiger partial charge in [-0.2, -0.15) is 23.5 Å². The van der Waals surface area contributed by atoms with Crippen LogP contribution >= 0.6 is 34.8 Å². The first-order chi connectivity index (χ1) is 39.2. The molecule has 3 heterocycles. The molecule has 0 bridgehead atoms. The van der Waals surface area contributed by atoms with Gasteiger partial charge in [0.1, 0.15) is 36.7 Å². The van der Waals surface area contributed by atoms with Crippen molar-refractivity contribution in [1.29, 1.82) is 5.26 Å².